The quantitative estimate of drug-likeness (QED) is 0.622. The van der Waals surface area contributed by atoms with Crippen LogP contribution < -0.4 is 14.9 Å². The van der Waals surface area contributed by atoms with Crippen molar-refractivity contribution in [1.29, 1.82) is 0 Å². The molecule has 1 aromatic heterocycles. The number of halogens is 1. The van der Waals surface area contributed by atoms with Crippen LogP contribution in [0, 0.1) is 5.82 Å². The first-order valence-corrected chi connectivity index (χ1v) is 12.0. The van der Waals surface area contributed by atoms with Crippen molar-refractivity contribution in [2.75, 3.05) is 17.3 Å². The van der Waals surface area contributed by atoms with Gasteiger partial charge in [-0.2, -0.15) is 4.98 Å². The Kier molecular flexibility index (Phi) is 4.60. The maximum atomic E-state index is 14.6. The molecule has 2 aliphatic carbocycles. The Bertz CT molecular complexity index is 1230. The van der Waals surface area contributed by atoms with Gasteiger partial charge in [0.2, 0.25) is 21.9 Å². The fourth-order valence-electron chi connectivity index (χ4n) is 4.83. The average Bonchev–Trinajstić information content (AvgIpc) is 3.43. The molecule has 1 aliphatic heterocycles. The minimum Gasteiger partial charge on any atom is -0.388 e. The van der Waals surface area contributed by atoms with E-state index < -0.39 is 26.9 Å². The van der Waals surface area contributed by atoms with Crippen molar-refractivity contribution in [3.05, 3.63) is 35.8 Å². The molecule has 0 saturated heterocycles. The number of amides is 1. The van der Waals surface area contributed by atoms with Gasteiger partial charge in [-0.15, -0.1) is 0 Å². The van der Waals surface area contributed by atoms with Crippen LogP contribution in [0.1, 0.15) is 44.6 Å². The molecule has 32 heavy (non-hydrogen) atoms. The number of rotatable bonds is 5. The lowest BCUT2D eigenvalue weighted by Gasteiger charge is -2.33. The van der Waals surface area contributed by atoms with Gasteiger partial charge in [-0.3, -0.25) is 9.69 Å². The number of hydrogen-bond donors (Lipinski definition) is 3. The van der Waals surface area contributed by atoms with Gasteiger partial charge in [0.25, 0.3) is 0 Å². The van der Waals surface area contributed by atoms with Gasteiger partial charge in [-0.25, -0.2) is 22.5 Å². The number of aliphatic hydroxyl groups is 1. The topological polar surface area (TPSA) is 125 Å². The van der Waals surface area contributed by atoms with E-state index in [1.807, 2.05) is 0 Å². The van der Waals surface area contributed by atoms with Gasteiger partial charge in [0.05, 0.1) is 27.6 Å². The van der Waals surface area contributed by atoms with Crippen molar-refractivity contribution < 1.29 is 22.7 Å². The minimum absolute atomic E-state index is 0.00451. The number of nitrogens with one attached hydrogen (secondary N) is 2. The predicted octanol–water partition coefficient (Wildman–Crippen LogP) is 1.95. The SMILES string of the molecule is CNS(=O)(=O)c1ccc(Nc2ncc3c(n2)N([C@H]2CCC[C@]2(C)O)C(=O)C32CC2)c(F)c1. The molecule has 0 bridgehead atoms. The monoisotopic (exact) mass is 461 g/mol. The van der Waals surface area contributed by atoms with Crippen molar-refractivity contribution in [1.82, 2.24) is 14.7 Å². The third-order valence-corrected chi connectivity index (χ3v) is 8.26. The zero-order valence-electron chi connectivity index (χ0n) is 17.7. The van der Waals surface area contributed by atoms with E-state index in [4.69, 9.17) is 0 Å². The molecule has 5 rings (SSSR count). The van der Waals surface area contributed by atoms with Gasteiger partial charge in [0.15, 0.2) is 0 Å². The zero-order chi connectivity index (χ0) is 22.9. The Morgan fingerprint density at radius 2 is 2.03 bits per heavy atom. The first-order valence-electron chi connectivity index (χ1n) is 10.5. The van der Waals surface area contributed by atoms with E-state index in [0.717, 1.165) is 30.9 Å². The molecule has 0 unspecified atom stereocenters. The highest BCUT2D eigenvalue weighted by Gasteiger charge is 2.63. The summed E-state index contributed by atoms with van der Waals surface area (Å²) in [5.74, 6) is -0.304. The molecule has 3 N–H and O–H groups in total. The van der Waals surface area contributed by atoms with Crippen LogP contribution in [0.3, 0.4) is 0 Å². The minimum atomic E-state index is -3.78. The second-order valence-corrected chi connectivity index (χ2v) is 10.8. The molecule has 2 aromatic rings. The Labute approximate surface area is 185 Å². The summed E-state index contributed by atoms with van der Waals surface area (Å²) < 4.78 is 40.5. The summed E-state index contributed by atoms with van der Waals surface area (Å²) in [5, 5.41) is 13.6. The van der Waals surface area contributed by atoms with Crippen LogP contribution in [0.4, 0.5) is 21.8 Å². The highest BCUT2D eigenvalue weighted by Crippen LogP contribution is 2.58. The third kappa shape index (κ3) is 3.10. The zero-order valence-corrected chi connectivity index (χ0v) is 18.5. The first-order chi connectivity index (χ1) is 15.1. The number of benzene rings is 1. The molecule has 2 saturated carbocycles. The smallest absolute Gasteiger partial charge is 0.240 e. The molecule has 1 aromatic carbocycles. The van der Waals surface area contributed by atoms with Crippen LogP contribution in [0.15, 0.2) is 29.3 Å². The second kappa shape index (κ2) is 6.93. The van der Waals surface area contributed by atoms with Crippen molar-refractivity contribution in [2.45, 2.75) is 61.0 Å². The molecule has 1 spiro atoms. The lowest BCUT2D eigenvalue weighted by Crippen LogP contribution is -2.50. The van der Waals surface area contributed by atoms with Crippen LogP contribution >= 0.6 is 0 Å². The van der Waals surface area contributed by atoms with E-state index >= 15 is 0 Å². The Morgan fingerprint density at radius 1 is 1.28 bits per heavy atom. The predicted molar refractivity (Wildman–Crippen MR) is 115 cm³/mol. The van der Waals surface area contributed by atoms with E-state index in [2.05, 4.69) is 20.0 Å². The van der Waals surface area contributed by atoms with Crippen molar-refractivity contribution in [3.63, 3.8) is 0 Å². The van der Waals surface area contributed by atoms with Crippen LogP contribution in [0.5, 0.6) is 0 Å². The molecular weight excluding hydrogens is 437 g/mol. The molecule has 11 heteroatoms. The normalized spacial score (nSPS) is 25.9. The van der Waals surface area contributed by atoms with Crippen LogP contribution in [-0.4, -0.2) is 48.1 Å². The lowest BCUT2D eigenvalue weighted by molar-refractivity contribution is -0.121. The highest BCUT2D eigenvalue weighted by molar-refractivity contribution is 7.89. The molecule has 170 valence electrons. The fraction of sp³-hybridized carbons (Fsp3) is 0.476. The van der Waals surface area contributed by atoms with Crippen LogP contribution in [0.2, 0.25) is 0 Å². The summed E-state index contributed by atoms with van der Waals surface area (Å²) in [4.78, 5) is 23.5. The van der Waals surface area contributed by atoms with E-state index in [-0.39, 0.29) is 28.5 Å². The number of carbonyl (C=O) groups excluding carboxylic acids is 1. The Hall–Kier alpha value is -2.63. The van der Waals surface area contributed by atoms with Crippen molar-refractivity contribution in [3.8, 4) is 0 Å². The van der Waals surface area contributed by atoms with Crippen molar-refractivity contribution >= 4 is 33.4 Å². The average molecular weight is 462 g/mol. The molecule has 2 heterocycles. The summed E-state index contributed by atoms with van der Waals surface area (Å²) in [6.07, 6.45) is 5.13. The van der Waals surface area contributed by atoms with E-state index in [9.17, 15) is 22.7 Å². The van der Waals surface area contributed by atoms with Gasteiger partial charge in [0, 0.05) is 11.8 Å². The number of nitrogens with zero attached hydrogens (tertiary/aromatic N) is 3. The summed E-state index contributed by atoms with van der Waals surface area (Å²) in [6, 6.07) is 3.10. The maximum absolute atomic E-state index is 14.6. The molecule has 0 radical (unpaired) electrons. The number of anilines is 3. The number of aromatic nitrogens is 2. The molecule has 2 atom stereocenters. The molecule has 9 nitrogen and oxygen atoms in total. The first kappa shape index (κ1) is 21.2. The number of sulfonamides is 1. The standard InChI is InChI=1S/C21H24FN5O4S/c1-20(29)7-3-4-16(20)27-17-13(21(8-9-21)18(27)28)11-24-19(26-17)25-15-6-5-12(10-14(15)22)32(30,31)23-2/h5-6,10-11,16,23,29H,3-4,7-9H2,1-2H3,(H,24,25,26)/t16-,20-/m0/s1. The van der Waals surface area contributed by atoms with Gasteiger partial charge in [0.1, 0.15) is 11.6 Å². The Balaban J connectivity index is 1.50. The molecule has 1 amide bonds. The van der Waals surface area contributed by atoms with Gasteiger partial charge >= 0.3 is 0 Å². The Morgan fingerprint density at radius 3 is 2.62 bits per heavy atom. The van der Waals surface area contributed by atoms with E-state index in [1.165, 1.54) is 19.2 Å². The summed E-state index contributed by atoms with van der Waals surface area (Å²) in [5.41, 5.74) is -0.871. The van der Waals surface area contributed by atoms with Gasteiger partial charge < -0.3 is 10.4 Å². The van der Waals surface area contributed by atoms with Gasteiger partial charge in [-0.05, 0) is 64.3 Å². The third-order valence-electron chi connectivity index (χ3n) is 6.85. The number of carbonyl (C=O) groups is 1. The van der Waals surface area contributed by atoms with E-state index in [0.29, 0.717) is 18.7 Å². The van der Waals surface area contributed by atoms with Gasteiger partial charge in [-0.1, -0.05) is 0 Å². The molecular formula is C21H24FN5O4S. The van der Waals surface area contributed by atoms with E-state index in [1.54, 1.807) is 18.0 Å². The van der Waals surface area contributed by atoms with Crippen LogP contribution in [0.25, 0.3) is 0 Å². The number of fused-ring (bicyclic) bond motifs is 2. The summed E-state index contributed by atoms with van der Waals surface area (Å²) in [6.45, 7) is 1.74. The summed E-state index contributed by atoms with van der Waals surface area (Å²) in [7, 11) is -2.53. The second-order valence-electron chi connectivity index (χ2n) is 8.93. The summed E-state index contributed by atoms with van der Waals surface area (Å²) >= 11 is 0. The largest absolute Gasteiger partial charge is 0.388 e. The number of hydrogen-bond acceptors (Lipinski definition) is 7. The van der Waals surface area contributed by atoms with Crippen LogP contribution in [-0.2, 0) is 20.2 Å². The van der Waals surface area contributed by atoms with Crippen molar-refractivity contribution in [2.24, 2.45) is 0 Å². The maximum Gasteiger partial charge on any atom is 0.240 e. The highest BCUT2D eigenvalue weighted by atomic mass is 32.2. The lowest BCUT2D eigenvalue weighted by atomic mass is 9.98. The fourth-order valence-corrected chi connectivity index (χ4v) is 5.58. The molecule has 3 aliphatic rings. The molecule has 2 fully saturated rings.